The van der Waals surface area contributed by atoms with Crippen molar-refractivity contribution in [2.24, 2.45) is 0 Å². The van der Waals surface area contributed by atoms with Crippen molar-refractivity contribution < 1.29 is 4.79 Å². The second-order valence-corrected chi connectivity index (χ2v) is 4.01. The Labute approximate surface area is 99.6 Å². The predicted molar refractivity (Wildman–Crippen MR) is 60.9 cm³/mol. The molecule has 1 N–H and O–H groups in total. The molecule has 0 spiro atoms. The van der Waals surface area contributed by atoms with Crippen molar-refractivity contribution in [1.29, 1.82) is 5.26 Å². The molecule has 2 aromatic rings. The molecule has 80 valence electrons. The highest BCUT2D eigenvalue weighted by molar-refractivity contribution is 7.15. The number of fused-ring (bicyclic) bond motifs is 1. The Bertz CT molecular complexity index is 607. The Morgan fingerprint density at radius 1 is 1.75 bits per heavy atom. The smallest absolute Gasteiger partial charge is 0.257 e. The fourth-order valence-corrected chi connectivity index (χ4v) is 2.18. The first-order chi connectivity index (χ1) is 7.72. The SMILES string of the molecule is N#CNC(=O)C=Cc1c(Cl)nc2sccn12. The maximum Gasteiger partial charge on any atom is 0.257 e. The number of halogens is 1. The number of nitrogens with one attached hydrogen (secondary N) is 1. The molecule has 0 radical (unpaired) electrons. The molecule has 0 saturated carbocycles. The van der Waals surface area contributed by atoms with Gasteiger partial charge in [0.1, 0.15) is 0 Å². The number of hydrogen-bond donors (Lipinski definition) is 1. The number of imidazole rings is 1. The van der Waals surface area contributed by atoms with Gasteiger partial charge in [0.15, 0.2) is 16.3 Å². The van der Waals surface area contributed by atoms with Gasteiger partial charge in [-0.1, -0.05) is 11.6 Å². The van der Waals surface area contributed by atoms with E-state index in [0.29, 0.717) is 10.8 Å². The molecule has 7 heteroatoms. The lowest BCUT2D eigenvalue weighted by atomic mass is 10.4. The van der Waals surface area contributed by atoms with Gasteiger partial charge in [0.2, 0.25) is 0 Å². The van der Waals surface area contributed by atoms with Crippen LogP contribution in [-0.4, -0.2) is 15.3 Å². The van der Waals surface area contributed by atoms with E-state index in [9.17, 15) is 4.79 Å². The zero-order valence-corrected chi connectivity index (χ0v) is 9.42. The average molecular weight is 253 g/mol. The Kier molecular flexibility index (Phi) is 2.90. The fraction of sp³-hybridized carbons (Fsp3) is 0. The topological polar surface area (TPSA) is 70.2 Å². The lowest BCUT2D eigenvalue weighted by molar-refractivity contribution is -0.115. The molecule has 0 saturated heterocycles. The minimum absolute atomic E-state index is 0.327. The van der Waals surface area contributed by atoms with Crippen LogP contribution in [0.1, 0.15) is 5.69 Å². The minimum Gasteiger partial charge on any atom is -0.289 e. The Balaban J connectivity index is 2.33. The second kappa shape index (κ2) is 4.35. The lowest BCUT2D eigenvalue weighted by Gasteiger charge is -1.91. The van der Waals surface area contributed by atoms with E-state index >= 15 is 0 Å². The van der Waals surface area contributed by atoms with Crippen LogP contribution in [0.15, 0.2) is 17.7 Å². The summed E-state index contributed by atoms with van der Waals surface area (Å²) >= 11 is 7.34. The molecule has 0 aliphatic heterocycles. The van der Waals surface area contributed by atoms with Crippen molar-refractivity contribution in [1.82, 2.24) is 14.7 Å². The molecule has 0 aliphatic carbocycles. The van der Waals surface area contributed by atoms with Crippen LogP contribution in [-0.2, 0) is 4.79 Å². The van der Waals surface area contributed by atoms with Crippen LogP contribution < -0.4 is 5.32 Å². The van der Waals surface area contributed by atoms with Crippen LogP contribution in [0, 0.1) is 11.5 Å². The summed E-state index contributed by atoms with van der Waals surface area (Å²) < 4.78 is 1.77. The number of carbonyl (C=O) groups is 1. The summed E-state index contributed by atoms with van der Waals surface area (Å²) in [5.74, 6) is -0.497. The fourth-order valence-electron chi connectivity index (χ4n) is 1.18. The standard InChI is InChI=1S/C9H5ClN4OS/c10-8-6(1-2-7(15)12-5-11)14-3-4-16-9(14)13-8/h1-4H,(H,12,15). The molecule has 0 fully saturated rings. The summed E-state index contributed by atoms with van der Waals surface area (Å²) in [6, 6.07) is 0. The molecule has 1 amide bonds. The Morgan fingerprint density at radius 2 is 2.56 bits per heavy atom. The molecule has 0 aliphatic rings. The summed E-state index contributed by atoms with van der Waals surface area (Å²) in [4.78, 5) is 15.9. The van der Waals surface area contributed by atoms with Gasteiger partial charge in [0.05, 0.1) is 5.69 Å². The van der Waals surface area contributed by atoms with Crippen LogP contribution in [0.3, 0.4) is 0 Å². The van der Waals surface area contributed by atoms with E-state index in [2.05, 4.69) is 4.98 Å². The van der Waals surface area contributed by atoms with Crippen molar-refractivity contribution >= 4 is 39.9 Å². The van der Waals surface area contributed by atoms with Crippen molar-refractivity contribution in [2.45, 2.75) is 0 Å². The third kappa shape index (κ3) is 1.91. The van der Waals surface area contributed by atoms with Crippen molar-refractivity contribution in [3.63, 3.8) is 0 Å². The molecular formula is C9H5ClN4OS. The Hall–Kier alpha value is -1.84. The van der Waals surface area contributed by atoms with Crippen LogP contribution >= 0.6 is 22.9 Å². The van der Waals surface area contributed by atoms with E-state index in [1.807, 2.05) is 10.7 Å². The zero-order chi connectivity index (χ0) is 11.5. The maximum absolute atomic E-state index is 11.0. The number of hydrogen-bond acceptors (Lipinski definition) is 4. The predicted octanol–water partition coefficient (Wildman–Crippen LogP) is 1.66. The second-order valence-electron chi connectivity index (χ2n) is 2.78. The zero-order valence-electron chi connectivity index (χ0n) is 7.85. The molecular weight excluding hydrogens is 248 g/mol. The molecule has 0 atom stereocenters. The van der Waals surface area contributed by atoms with E-state index < -0.39 is 5.91 Å². The van der Waals surface area contributed by atoms with Crippen LogP contribution in [0.4, 0.5) is 0 Å². The third-order valence-corrected chi connectivity index (χ3v) is 2.86. The number of amides is 1. The highest BCUT2D eigenvalue weighted by Crippen LogP contribution is 2.22. The van der Waals surface area contributed by atoms with Gasteiger partial charge in [-0.05, 0) is 6.08 Å². The quantitative estimate of drug-likeness (QED) is 0.502. The van der Waals surface area contributed by atoms with Crippen LogP contribution in [0.2, 0.25) is 5.15 Å². The number of aromatic nitrogens is 2. The number of nitrogens with zero attached hydrogens (tertiary/aromatic N) is 3. The first-order valence-electron chi connectivity index (χ1n) is 4.20. The number of carbonyl (C=O) groups excluding carboxylic acids is 1. The maximum atomic E-state index is 11.0. The van der Waals surface area contributed by atoms with Gasteiger partial charge in [-0.25, -0.2) is 4.98 Å². The third-order valence-electron chi connectivity index (χ3n) is 1.83. The van der Waals surface area contributed by atoms with E-state index in [1.54, 1.807) is 16.8 Å². The normalized spacial score (nSPS) is 10.8. The van der Waals surface area contributed by atoms with Crippen LogP contribution in [0.25, 0.3) is 11.0 Å². The largest absolute Gasteiger partial charge is 0.289 e. The average Bonchev–Trinajstić information content (AvgIpc) is 2.76. The first-order valence-corrected chi connectivity index (χ1v) is 5.46. The van der Waals surface area contributed by atoms with Crippen molar-refractivity contribution in [3.8, 4) is 6.19 Å². The summed E-state index contributed by atoms with van der Waals surface area (Å²) in [6.45, 7) is 0. The molecule has 16 heavy (non-hydrogen) atoms. The minimum atomic E-state index is -0.497. The number of thiazole rings is 1. The van der Waals surface area contributed by atoms with Gasteiger partial charge in [-0.2, -0.15) is 5.26 Å². The molecule has 0 unspecified atom stereocenters. The number of nitriles is 1. The molecule has 0 aromatic carbocycles. The molecule has 2 aromatic heterocycles. The molecule has 0 bridgehead atoms. The monoisotopic (exact) mass is 252 g/mol. The van der Waals surface area contributed by atoms with Crippen molar-refractivity contribution in [2.75, 3.05) is 0 Å². The number of rotatable bonds is 2. The van der Waals surface area contributed by atoms with E-state index in [-0.39, 0.29) is 0 Å². The summed E-state index contributed by atoms with van der Waals surface area (Å²) in [5.41, 5.74) is 0.617. The summed E-state index contributed by atoms with van der Waals surface area (Å²) in [5, 5.41) is 12.4. The molecule has 2 heterocycles. The van der Waals surface area contributed by atoms with Crippen LogP contribution in [0.5, 0.6) is 0 Å². The molecule has 5 nitrogen and oxygen atoms in total. The highest BCUT2D eigenvalue weighted by Gasteiger charge is 2.08. The highest BCUT2D eigenvalue weighted by atomic mass is 35.5. The first kappa shape index (κ1) is 10.7. The van der Waals surface area contributed by atoms with Crippen molar-refractivity contribution in [3.05, 3.63) is 28.5 Å². The van der Waals surface area contributed by atoms with Gasteiger partial charge in [0.25, 0.3) is 5.91 Å². The molecule has 2 rings (SSSR count). The van der Waals surface area contributed by atoms with E-state index in [4.69, 9.17) is 16.9 Å². The van der Waals surface area contributed by atoms with E-state index in [0.717, 1.165) is 4.96 Å². The van der Waals surface area contributed by atoms with Gasteiger partial charge in [-0.15, -0.1) is 11.3 Å². The summed E-state index contributed by atoms with van der Waals surface area (Å²) in [7, 11) is 0. The van der Waals surface area contributed by atoms with E-state index in [1.165, 1.54) is 23.5 Å². The van der Waals surface area contributed by atoms with Gasteiger partial charge < -0.3 is 0 Å². The summed E-state index contributed by atoms with van der Waals surface area (Å²) in [6.07, 6.45) is 6.09. The van der Waals surface area contributed by atoms with Gasteiger partial charge in [-0.3, -0.25) is 14.5 Å². The van der Waals surface area contributed by atoms with Gasteiger partial charge >= 0.3 is 0 Å². The van der Waals surface area contributed by atoms with Gasteiger partial charge in [0, 0.05) is 17.7 Å². The lowest BCUT2D eigenvalue weighted by Crippen LogP contribution is -2.13. The Morgan fingerprint density at radius 3 is 3.31 bits per heavy atom.